The maximum atomic E-state index is 11.1. The summed E-state index contributed by atoms with van der Waals surface area (Å²) in [5.74, 6) is -1.48. The number of rotatable bonds is 3. The number of phenols is 2. The number of hydrogen-bond acceptors (Lipinski definition) is 6. The third kappa shape index (κ3) is 2.41. The first-order valence-electron chi connectivity index (χ1n) is 4.50. The predicted octanol–water partition coefficient (Wildman–Crippen LogP) is -0.369. The Morgan fingerprint density at radius 2 is 2.00 bits per heavy atom. The van der Waals surface area contributed by atoms with Crippen LogP contribution in [0.1, 0.15) is 11.7 Å². The number of benzene rings is 1. The highest BCUT2D eigenvalue weighted by Gasteiger charge is 2.25. The van der Waals surface area contributed by atoms with Crippen molar-refractivity contribution in [3.05, 3.63) is 23.8 Å². The van der Waals surface area contributed by atoms with Gasteiger partial charge >= 0.3 is 5.97 Å². The van der Waals surface area contributed by atoms with Crippen molar-refractivity contribution in [2.45, 2.75) is 12.1 Å². The van der Waals surface area contributed by atoms with Gasteiger partial charge in [-0.1, -0.05) is 6.07 Å². The molecule has 1 aromatic carbocycles. The lowest BCUT2D eigenvalue weighted by Crippen LogP contribution is -2.37. The van der Waals surface area contributed by atoms with Crippen LogP contribution in [-0.2, 0) is 9.53 Å². The topological polar surface area (TPSA) is 113 Å². The Labute approximate surface area is 91.9 Å². The monoisotopic (exact) mass is 227 g/mol. The first-order chi connectivity index (χ1) is 7.47. The smallest absolute Gasteiger partial charge is 0.325 e. The van der Waals surface area contributed by atoms with E-state index in [0.717, 1.165) is 13.2 Å². The zero-order chi connectivity index (χ0) is 12.3. The highest BCUT2D eigenvalue weighted by molar-refractivity contribution is 5.76. The largest absolute Gasteiger partial charge is 0.504 e. The summed E-state index contributed by atoms with van der Waals surface area (Å²) >= 11 is 0. The van der Waals surface area contributed by atoms with Crippen LogP contribution >= 0.6 is 0 Å². The van der Waals surface area contributed by atoms with Crippen molar-refractivity contribution < 1.29 is 24.9 Å². The molecule has 0 aliphatic rings. The van der Waals surface area contributed by atoms with Gasteiger partial charge in [0.25, 0.3) is 0 Å². The Hall–Kier alpha value is -1.79. The van der Waals surface area contributed by atoms with Crippen molar-refractivity contribution in [1.29, 1.82) is 0 Å². The fourth-order valence-corrected chi connectivity index (χ4v) is 1.20. The molecule has 6 heteroatoms. The lowest BCUT2D eigenvalue weighted by molar-refractivity contribution is -0.145. The van der Waals surface area contributed by atoms with Gasteiger partial charge in [0.1, 0.15) is 12.1 Å². The second-order valence-corrected chi connectivity index (χ2v) is 3.24. The van der Waals surface area contributed by atoms with Gasteiger partial charge in [-0.2, -0.15) is 0 Å². The van der Waals surface area contributed by atoms with Crippen molar-refractivity contribution in [2.24, 2.45) is 5.73 Å². The molecule has 2 atom stereocenters. The molecule has 0 aromatic heterocycles. The molecule has 0 saturated carbocycles. The van der Waals surface area contributed by atoms with Gasteiger partial charge in [-0.25, -0.2) is 0 Å². The zero-order valence-corrected chi connectivity index (χ0v) is 8.62. The Balaban J connectivity index is 2.91. The van der Waals surface area contributed by atoms with Crippen LogP contribution in [-0.4, -0.2) is 34.4 Å². The van der Waals surface area contributed by atoms with Crippen LogP contribution in [0.2, 0.25) is 0 Å². The molecule has 2 unspecified atom stereocenters. The molecule has 0 saturated heterocycles. The number of aliphatic hydroxyl groups excluding tert-OH is 1. The molecule has 0 aliphatic heterocycles. The quantitative estimate of drug-likeness (QED) is 0.414. The highest BCUT2D eigenvalue weighted by Crippen LogP contribution is 2.28. The number of carbonyl (C=O) groups is 1. The molecular weight excluding hydrogens is 214 g/mol. The Morgan fingerprint density at radius 1 is 1.38 bits per heavy atom. The number of aromatic hydroxyl groups is 2. The molecule has 6 nitrogen and oxygen atoms in total. The molecule has 0 heterocycles. The predicted molar refractivity (Wildman–Crippen MR) is 54.7 cm³/mol. The Morgan fingerprint density at radius 3 is 2.50 bits per heavy atom. The first kappa shape index (κ1) is 12.3. The molecule has 1 aromatic rings. The van der Waals surface area contributed by atoms with E-state index in [0.29, 0.717) is 0 Å². The zero-order valence-electron chi connectivity index (χ0n) is 8.62. The maximum absolute atomic E-state index is 11.1. The average Bonchev–Trinajstić information content (AvgIpc) is 2.29. The van der Waals surface area contributed by atoms with Gasteiger partial charge in [0.2, 0.25) is 0 Å². The standard InChI is InChI=1S/C10H13NO5/c1-16-10(15)8(11)9(14)5-2-3-6(12)7(13)4-5/h2-4,8-9,12-14H,11H2,1H3. The average molecular weight is 227 g/mol. The summed E-state index contributed by atoms with van der Waals surface area (Å²) < 4.78 is 4.37. The van der Waals surface area contributed by atoms with E-state index < -0.39 is 23.9 Å². The van der Waals surface area contributed by atoms with Crippen LogP contribution in [0.5, 0.6) is 11.5 Å². The number of hydrogen-bond donors (Lipinski definition) is 4. The van der Waals surface area contributed by atoms with Crippen molar-refractivity contribution in [2.75, 3.05) is 7.11 Å². The number of esters is 1. The van der Waals surface area contributed by atoms with Gasteiger partial charge in [0, 0.05) is 0 Å². The molecule has 0 spiro atoms. The lowest BCUT2D eigenvalue weighted by Gasteiger charge is -2.17. The first-order valence-corrected chi connectivity index (χ1v) is 4.50. The lowest BCUT2D eigenvalue weighted by atomic mass is 10.0. The van der Waals surface area contributed by atoms with E-state index in [1.54, 1.807) is 0 Å². The molecule has 0 amide bonds. The minimum Gasteiger partial charge on any atom is -0.504 e. The molecule has 88 valence electrons. The van der Waals surface area contributed by atoms with Crippen molar-refractivity contribution in [3.63, 3.8) is 0 Å². The van der Waals surface area contributed by atoms with Gasteiger partial charge in [0.05, 0.1) is 7.11 Å². The summed E-state index contributed by atoms with van der Waals surface area (Å²) in [6.45, 7) is 0. The molecule has 0 aliphatic carbocycles. The highest BCUT2D eigenvalue weighted by atomic mass is 16.5. The van der Waals surface area contributed by atoms with Crippen LogP contribution in [0.15, 0.2) is 18.2 Å². The van der Waals surface area contributed by atoms with Crippen LogP contribution < -0.4 is 5.73 Å². The van der Waals surface area contributed by atoms with Crippen LogP contribution in [0.25, 0.3) is 0 Å². The van der Waals surface area contributed by atoms with E-state index in [1.807, 2.05) is 0 Å². The van der Waals surface area contributed by atoms with E-state index in [4.69, 9.17) is 10.8 Å². The molecule has 0 radical (unpaired) electrons. The summed E-state index contributed by atoms with van der Waals surface area (Å²) in [6.07, 6.45) is -1.31. The van der Waals surface area contributed by atoms with Gasteiger partial charge in [-0.3, -0.25) is 4.79 Å². The van der Waals surface area contributed by atoms with Crippen LogP contribution in [0.3, 0.4) is 0 Å². The Bertz CT molecular complexity index is 393. The van der Waals surface area contributed by atoms with Gasteiger partial charge in [-0.15, -0.1) is 0 Å². The molecule has 0 bridgehead atoms. The fourth-order valence-electron chi connectivity index (χ4n) is 1.20. The van der Waals surface area contributed by atoms with Gasteiger partial charge in [0.15, 0.2) is 11.5 Å². The molecule has 16 heavy (non-hydrogen) atoms. The summed E-state index contributed by atoms with van der Waals surface area (Å²) in [6, 6.07) is 2.43. The van der Waals surface area contributed by atoms with E-state index in [2.05, 4.69) is 4.74 Å². The van der Waals surface area contributed by atoms with Crippen LogP contribution in [0, 0.1) is 0 Å². The summed E-state index contributed by atoms with van der Waals surface area (Å²) in [4.78, 5) is 11.1. The summed E-state index contributed by atoms with van der Waals surface area (Å²) in [7, 11) is 1.16. The van der Waals surface area contributed by atoms with E-state index in [1.165, 1.54) is 12.1 Å². The van der Waals surface area contributed by atoms with Crippen LogP contribution in [0.4, 0.5) is 0 Å². The molecule has 0 fully saturated rings. The van der Waals surface area contributed by atoms with Crippen molar-refractivity contribution in [3.8, 4) is 11.5 Å². The van der Waals surface area contributed by atoms with Crippen molar-refractivity contribution >= 4 is 5.97 Å². The number of methoxy groups -OCH3 is 1. The second-order valence-electron chi connectivity index (χ2n) is 3.24. The summed E-state index contributed by atoms with van der Waals surface area (Å²) in [5.41, 5.74) is 5.64. The van der Waals surface area contributed by atoms with E-state index in [-0.39, 0.29) is 11.3 Å². The van der Waals surface area contributed by atoms with Crippen molar-refractivity contribution in [1.82, 2.24) is 0 Å². The third-order valence-electron chi connectivity index (χ3n) is 2.15. The minimum absolute atomic E-state index is 0.216. The minimum atomic E-state index is -1.31. The molecular formula is C10H13NO5. The maximum Gasteiger partial charge on any atom is 0.325 e. The number of nitrogens with two attached hydrogens (primary N) is 1. The number of ether oxygens (including phenoxy) is 1. The SMILES string of the molecule is COC(=O)C(N)C(O)c1ccc(O)c(O)c1. The van der Waals surface area contributed by atoms with E-state index >= 15 is 0 Å². The molecule has 5 N–H and O–H groups in total. The Kier molecular flexibility index (Phi) is 3.70. The number of aliphatic hydroxyl groups is 1. The van der Waals surface area contributed by atoms with Gasteiger partial charge in [-0.05, 0) is 17.7 Å². The molecule has 1 rings (SSSR count). The van der Waals surface area contributed by atoms with E-state index in [9.17, 15) is 15.0 Å². The normalized spacial score (nSPS) is 14.2. The van der Waals surface area contributed by atoms with Gasteiger partial charge < -0.3 is 25.8 Å². The summed E-state index contributed by atoms with van der Waals surface area (Å²) in [5, 5.41) is 28.0. The third-order valence-corrected chi connectivity index (χ3v) is 2.15. The number of carbonyl (C=O) groups excluding carboxylic acids is 1. The fraction of sp³-hybridized carbons (Fsp3) is 0.300. The second kappa shape index (κ2) is 4.82. The number of phenolic OH excluding ortho intramolecular Hbond substituents is 2.